The number of hydrogen-bond donors (Lipinski definition) is 0. The van der Waals surface area contributed by atoms with Gasteiger partial charge >= 0.3 is 121 Å². The fourth-order valence-electron chi connectivity index (χ4n) is 1.78. The van der Waals surface area contributed by atoms with E-state index in [9.17, 15) is 0 Å². The van der Waals surface area contributed by atoms with Crippen molar-refractivity contribution in [3.05, 3.63) is 0 Å². The molecule has 88 valence electrons. The van der Waals surface area contributed by atoms with E-state index in [4.69, 9.17) is 0 Å². The Labute approximate surface area is 120 Å². The van der Waals surface area contributed by atoms with Crippen LogP contribution in [0.2, 0.25) is 10.0 Å². The maximum absolute atomic E-state index is 3.48. The van der Waals surface area contributed by atoms with Crippen molar-refractivity contribution in [2.45, 2.75) is 61.4 Å². The van der Waals surface area contributed by atoms with Crippen molar-refractivity contribution in [3.63, 3.8) is 0 Å². The molecule has 0 bridgehead atoms. The average Bonchev–Trinajstić information content (AvgIpc) is 2.26. The molecule has 0 amide bonds. The van der Waals surface area contributed by atoms with E-state index in [0.29, 0.717) is 0 Å². The predicted molar refractivity (Wildman–Crippen MR) is 74.1 cm³/mol. The summed E-state index contributed by atoms with van der Waals surface area (Å²) in [7, 11) is 0. The number of unbranched alkanes of at least 4 members (excludes halogenated alkanes) is 6. The topological polar surface area (TPSA) is 0 Å². The Kier molecular flexibility index (Phi) is 17.2. The molecule has 0 fully saturated rings. The molecule has 0 saturated carbocycles. The normalized spacial score (nSPS) is 10.3. The van der Waals surface area contributed by atoms with Crippen LogP contribution in [0.4, 0.5) is 0 Å². The molecule has 0 heterocycles. The zero-order valence-corrected chi connectivity index (χ0v) is 16.1. The summed E-state index contributed by atoms with van der Waals surface area (Å²) in [4.78, 5) is 0. The van der Waals surface area contributed by atoms with Crippen LogP contribution in [-0.2, 0) is 17.1 Å². The van der Waals surface area contributed by atoms with Crippen LogP contribution in [0.1, 0.15) is 51.4 Å². The predicted octanol–water partition coefficient (Wildman–Crippen LogP) is 5.82. The Morgan fingerprint density at radius 2 is 0.933 bits per heavy atom. The third-order valence-corrected chi connectivity index (χ3v) is 8.08. The van der Waals surface area contributed by atoms with Gasteiger partial charge in [-0.3, -0.25) is 0 Å². The molecule has 0 rings (SSSR count). The molecule has 15 heavy (non-hydrogen) atoms. The van der Waals surface area contributed by atoms with Gasteiger partial charge in [0, 0.05) is 0 Å². The summed E-state index contributed by atoms with van der Waals surface area (Å²) in [6, 6.07) is 0. The van der Waals surface area contributed by atoms with E-state index in [1.54, 1.807) is 10.0 Å². The van der Waals surface area contributed by atoms with Crippen molar-refractivity contribution in [1.82, 2.24) is 0 Å². The fourth-order valence-corrected chi connectivity index (χ4v) is 6.28. The zero-order valence-electron chi connectivity index (χ0n) is 9.95. The van der Waals surface area contributed by atoms with Crippen LogP contribution in [0.15, 0.2) is 0 Å². The van der Waals surface area contributed by atoms with Crippen LogP contribution in [-0.4, -0.2) is 10.7 Å². The standard InChI is InChI=1S/2C6H12Br.Zn/c2*1-2-3-4-5-6-7;/h2*1-6H2;. The molecule has 0 radical (unpaired) electrons. The van der Waals surface area contributed by atoms with Gasteiger partial charge in [0.05, 0.1) is 0 Å². The summed E-state index contributed by atoms with van der Waals surface area (Å²) in [6.45, 7) is 0. The Balaban J connectivity index is 2.81. The summed E-state index contributed by atoms with van der Waals surface area (Å²) >= 11 is 6.88. The second-order valence-corrected chi connectivity index (χ2v) is 10.3. The monoisotopic (exact) mass is 390 g/mol. The van der Waals surface area contributed by atoms with Crippen LogP contribution in [0.5, 0.6) is 0 Å². The van der Waals surface area contributed by atoms with Gasteiger partial charge in [0.25, 0.3) is 0 Å². The van der Waals surface area contributed by atoms with Crippen molar-refractivity contribution >= 4 is 31.9 Å². The van der Waals surface area contributed by atoms with E-state index in [-0.39, 0.29) is 17.1 Å². The second-order valence-electron chi connectivity index (χ2n) is 4.27. The first-order chi connectivity index (χ1) is 7.41. The zero-order chi connectivity index (χ0) is 11.2. The quantitative estimate of drug-likeness (QED) is 0.223. The van der Waals surface area contributed by atoms with Crippen LogP contribution in [0.25, 0.3) is 0 Å². The number of halogens is 2. The molecule has 0 nitrogen and oxygen atoms in total. The van der Waals surface area contributed by atoms with Gasteiger partial charge in [-0.15, -0.1) is 0 Å². The minimum absolute atomic E-state index is 0.0802. The van der Waals surface area contributed by atoms with Gasteiger partial charge in [-0.05, 0) is 0 Å². The van der Waals surface area contributed by atoms with E-state index in [0.717, 1.165) is 0 Å². The first-order valence-electron chi connectivity index (χ1n) is 6.53. The third-order valence-electron chi connectivity index (χ3n) is 2.77. The van der Waals surface area contributed by atoms with Crippen molar-refractivity contribution in [2.24, 2.45) is 0 Å². The molecular formula is C12H24Br2Zn. The molecular weight excluding hydrogens is 369 g/mol. The molecule has 0 atom stereocenters. The van der Waals surface area contributed by atoms with Crippen molar-refractivity contribution < 1.29 is 17.1 Å². The van der Waals surface area contributed by atoms with Crippen molar-refractivity contribution in [1.29, 1.82) is 0 Å². The van der Waals surface area contributed by atoms with E-state index in [2.05, 4.69) is 31.9 Å². The summed E-state index contributed by atoms with van der Waals surface area (Å²) in [5.41, 5.74) is 0. The van der Waals surface area contributed by atoms with Crippen LogP contribution in [0, 0.1) is 0 Å². The van der Waals surface area contributed by atoms with Gasteiger partial charge in [0.1, 0.15) is 0 Å². The van der Waals surface area contributed by atoms with Crippen molar-refractivity contribution in [2.75, 3.05) is 10.7 Å². The summed E-state index contributed by atoms with van der Waals surface area (Å²) in [6.07, 6.45) is 11.7. The molecule has 0 N–H and O–H groups in total. The molecule has 0 aromatic heterocycles. The molecule has 0 unspecified atom stereocenters. The van der Waals surface area contributed by atoms with Gasteiger partial charge in [-0.2, -0.15) is 0 Å². The Morgan fingerprint density at radius 1 is 0.533 bits per heavy atom. The second kappa shape index (κ2) is 15.6. The first-order valence-corrected chi connectivity index (χ1v) is 13.0. The van der Waals surface area contributed by atoms with Gasteiger partial charge in [-0.25, -0.2) is 0 Å². The minimum atomic E-state index is -0.0802. The summed E-state index contributed by atoms with van der Waals surface area (Å²) < 4.78 is 0. The van der Waals surface area contributed by atoms with E-state index in [1.807, 2.05) is 0 Å². The van der Waals surface area contributed by atoms with Gasteiger partial charge in [0.15, 0.2) is 0 Å². The van der Waals surface area contributed by atoms with E-state index < -0.39 is 0 Å². The summed E-state index contributed by atoms with van der Waals surface area (Å²) in [5.74, 6) is 0. The van der Waals surface area contributed by atoms with Gasteiger partial charge in [0.2, 0.25) is 0 Å². The number of alkyl halides is 2. The molecule has 0 aliphatic carbocycles. The molecule has 0 aromatic carbocycles. The Morgan fingerprint density at radius 3 is 1.33 bits per heavy atom. The molecule has 0 aliphatic rings. The van der Waals surface area contributed by atoms with Gasteiger partial charge in [-0.1, -0.05) is 0 Å². The number of rotatable bonds is 12. The third kappa shape index (κ3) is 15.6. The van der Waals surface area contributed by atoms with Crippen molar-refractivity contribution in [3.8, 4) is 0 Å². The van der Waals surface area contributed by atoms with Crippen LogP contribution >= 0.6 is 31.9 Å². The first kappa shape index (κ1) is 16.6. The van der Waals surface area contributed by atoms with Crippen LogP contribution in [0.3, 0.4) is 0 Å². The maximum atomic E-state index is 3.48. The molecule has 3 heteroatoms. The molecule has 0 aliphatic heterocycles. The van der Waals surface area contributed by atoms with E-state index in [1.165, 1.54) is 62.0 Å². The molecule has 0 saturated heterocycles. The molecule has 0 spiro atoms. The SMILES string of the molecule is BrCCCCC[CH2][Zn][CH2]CCCCCBr. The summed E-state index contributed by atoms with van der Waals surface area (Å²) in [5, 5.41) is 5.69. The van der Waals surface area contributed by atoms with E-state index >= 15 is 0 Å². The Hall–Kier alpha value is 1.58. The van der Waals surface area contributed by atoms with Crippen LogP contribution < -0.4 is 0 Å². The van der Waals surface area contributed by atoms with Gasteiger partial charge < -0.3 is 0 Å². The Bertz CT molecular complexity index is 97.8. The average molecular weight is 394 g/mol. The molecule has 0 aromatic rings. The number of hydrogen-bond acceptors (Lipinski definition) is 0. The fraction of sp³-hybridized carbons (Fsp3) is 1.00.